The first-order valence-corrected chi connectivity index (χ1v) is 8.51. The van der Waals surface area contributed by atoms with Gasteiger partial charge in [-0.25, -0.2) is 0 Å². The molecule has 1 heterocycles. The Morgan fingerprint density at radius 2 is 1.57 bits per heavy atom. The first-order chi connectivity index (χ1) is 14.1. The minimum Gasteiger partial charge on any atom is -0.508 e. The van der Waals surface area contributed by atoms with Crippen molar-refractivity contribution in [2.45, 2.75) is 25.0 Å². The van der Waals surface area contributed by atoms with E-state index in [4.69, 9.17) is 14.6 Å². The molecule has 0 saturated carbocycles. The second-order valence-corrected chi connectivity index (χ2v) is 6.45. The van der Waals surface area contributed by atoms with Crippen LogP contribution in [-0.2, 0) is 14.3 Å². The minimum absolute atomic E-state index is 0.0827. The highest BCUT2D eigenvalue weighted by Crippen LogP contribution is 2.45. The zero-order valence-electron chi connectivity index (χ0n) is 15.1. The van der Waals surface area contributed by atoms with E-state index >= 15 is 0 Å². The Balaban J connectivity index is 2.05. The molecule has 2 atom stereocenters. The van der Waals surface area contributed by atoms with E-state index in [-0.39, 0.29) is 16.9 Å². The number of carbonyl (C=O) groups is 3. The summed E-state index contributed by atoms with van der Waals surface area (Å²) in [7, 11) is 0. The SMILES string of the molecule is O=C(O)CCC(=O)OC1C(=O)c2c(O)cc(O)cc2OC1c1cc(O)c(O)c(O)c1. The summed E-state index contributed by atoms with van der Waals surface area (Å²) in [5, 5.41) is 57.5. The van der Waals surface area contributed by atoms with Gasteiger partial charge in [0.25, 0.3) is 0 Å². The fraction of sp³-hybridized carbons (Fsp3) is 0.211. The van der Waals surface area contributed by atoms with Crippen LogP contribution in [0.2, 0.25) is 0 Å². The third-order valence-electron chi connectivity index (χ3n) is 4.32. The number of carboxylic acids is 1. The van der Waals surface area contributed by atoms with Gasteiger partial charge in [-0.2, -0.15) is 0 Å². The molecular formula is C19H16O11. The zero-order valence-corrected chi connectivity index (χ0v) is 15.1. The Morgan fingerprint density at radius 1 is 0.933 bits per heavy atom. The lowest BCUT2D eigenvalue weighted by Crippen LogP contribution is -2.40. The third kappa shape index (κ3) is 3.85. The molecule has 1 aliphatic rings. The Labute approximate surface area is 168 Å². The van der Waals surface area contributed by atoms with Crippen molar-refractivity contribution in [1.29, 1.82) is 0 Å². The number of fused-ring (bicyclic) bond motifs is 1. The molecule has 0 bridgehead atoms. The van der Waals surface area contributed by atoms with Crippen molar-refractivity contribution in [3.05, 3.63) is 35.4 Å². The van der Waals surface area contributed by atoms with Crippen molar-refractivity contribution in [3.8, 4) is 34.5 Å². The topological polar surface area (TPSA) is 191 Å². The number of Topliss-reactive ketones (excluding diaryl/α,β-unsaturated/α-hetero) is 1. The average Bonchev–Trinajstić information content (AvgIpc) is 2.65. The van der Waals surface area contributed by atoms with Gasteiger partial charge in [0.2, 0.25) is 11.9 Å². The monoisotopic (exact) mass is 420 g/mol. The molecule has 30 heavy (non-hydrogen) atoms. The molecule has 0 amide bonds. The summed E-state index contributed by atoms with van der Waals surface area (Å²) < 4.78 is 10.7. The summed E-state index contributed by atoms with van der Waals surface area (Å²) in [5.74, 6) is -6.88. The van der Waals surface area contributed by atoms with E-state index in [1.54, 1.807) is 0 Å². The molecule has 0 radical (unpaired) electrons. The fourth-order valence-electron chi connectivity index (χ4n) is 2.96. The molecule has 0 fully saturated rings. The first kappa shape index (κ1) is 20.6. The number of ketones is 1. The van der Waals surface area contributed by atoms with E-state index in [0.29, 0.717) is 0 Å². The Kier molecular flexibility index (Phi) is 5.28. The van der Waals surface area contributed by atoms with Crippen molar-refractivity contribution in [3.63, 3.8) is 0 Å². The van der Waals surface area contributed by atoms with Gasteiger partial charge in [0.05, 0.1) is 12.8 Å². The van der Waals surface area contributed by atoms with E-state index in [2.05, 4.69) is 0 Å². The number of carboxylic acid groups (broad SMARTS) is 1. The largest absolute Gasteiger partial charge is 0.508 e. The lowest BCUT2D eigenvalue weighted by Gasteiger charge is -2.32. The molecule has 2 aromatic rings. The zero-order chi connectivity index (χ0) is 22.2. The third-order valence-corrected chi connectivity index (χ3v) is 4.32. The molecule has 2 aromatic carbocycles. The summed E-state index contributed by atoms with van der Waals surface area (Å²) in [4.78, 5) is 35.7. The van der Waals surface area contributed by atoms with Gasteiger partial charge in [-0.15, -0.1) is 0 Å². The summed E-state index contributed by atoms with van der Waals surface area (Å²) in [6, 6.07) is 3.82. The maximum absolute atomic E-state index is 13.0. The fourth-order valence-corrected chi connectivity index (χ4v) is 2.96. The quantitative estimate of drug-likeness (QED) is 0.302. The van der Waals surface area contributed by atoms with Crippen molar-refractivity contribution < 1.29 is 54.5 Å². The lowest BCUT2D eigenvalue weighted by atomic mass is 9.92. The summed E-state index contributed by atoms with van der Waals surface area (Å²) in [6.07, 6.45) is -4.29. The van der Waals surface area contributed by atoms with E-state index < -0.39 is 71.5 Å². The summed E-state index contributed by atoms with van der Waals surface area (Å²) >= 11 is 0. The number of benzene rings is 2. The molecule has 1 aliphatic heterocycles. The van der Waals surface area contributed by atoms with Crippen LogP contribution in [0.1, 0.15) is 34.9 Å². The standard InChI is InChI=1S/C19H16O11/c20-8-5-9(21)15-12(6-8)29-18(7-3-10(22)16(27)11(23)4-7)19(17(15)28)30-14(26)2-1-13(24)25/h3-6,18-23,27H,1-2H2,(H,24,25). The Hall–Kier alpha value is -4.15. The van der Waals surface area contributed by atoms with E-state index in [9.17, 15) is 39.9 Å². The number of carbonyl (C=O) groups excluding carboxylic acids is 2. The van der Waals surface area contributed by atoms with Crippen molar-refractivity contribution >= 4 is 17.7 Å². The van der Waals surface area contributed by atoms with Crippen LogP contribution in [0.25, 0.3) is 0 Å². The van der Waals surface area contributed by atoms with Crippen LogP contribution < -0.4 is 4.74 Å². The summed E-state index contributed by atoms with van der Waals surface area (Å²) in [5.41, 5.74) is -0.465. The summed E-state index contributed by atoms with van der Waals surface area (Å²) in [6.45, 7) is 0. The van der Waals surface area contributed by atoms with Gasteiger partial charge in [0, 0.05) is 17.7 Å². The highest BCUT2D eigenvalue weighted by Gasteiger charge is 2.43. The van der Waals surface area contributed by atoms with Crippen LogP contribution in [0.3, 0.4) is 0 Å². The molecule has 3 rings (SSSR count). The number of aliphatic carboxylic acids is 1. The van der Waals surface area contributed by atoms with Crippen molar-refractivity contribution in [2.24, 2.45) is 0 Å². The lowest BCUT2D eigenvalue weighted by molar-refractivity contribution is -0.154. The number of rotatable bonds is 5. The average molecular weight is 420 g/mol. The molecule has 2 unspecified atom stereocenters. The van der Waals surface area contributed by atoms with Crippen LogP contribution >= 0.6 is 0 Å². The maximum Gasteiger partial charge on any atom is 0.307 e. The molecule has 0 aliphatic carbocycles. The number of hydrogen-bond acceptors (Lipinski definition) is 10. The van der Waals surface area contributed by atoms with Gasteiger partial charge in [0.15, 0.2) is 23.4 Å². The number of phenols is 5. The molecule has 11 nitrogen and oxygen atoms in total. The van der Waals surface area contributed by atoms with Crippen molar-refractivity contribution in [1.82, 2.24) is 0 Å². The smallest absolute Gasteiger partial charge is 0.307 e. The van der Waals surface area contributed by atoms with Gasteiger partial charge in [0.1, 0.15) is 22.8 Å². The predicted molar refractivity (Wildman–Crippen MR) is 95.7 cm³/mol. The first-order valence-electron chi connectivity index (χ1n) is 8.51. The van der Waals surface area contributed by atoms with Gasteiger partial charge in [-0.05, 0) is 12.1 Å². The molecular weight excluding hydrogens is 404 g/mol. The number of aromatic hydroxyl groups is 5. The Bertz CT molecular complexity index is 1020. The number of esters is 1. The second kappa shape index (κ2) is 7.70. The van der Waals surface area contributed by atoms with Gasteiger partial charge >= 0.3 is 11.9 Å². The number of phenolic OH excluding ortho intramolecular Hbond substituents is 5. The van der Waals surface area contributed by atoms with Gasteiger partial charge in [-0.1, -0.05) is 0 Å². The van der Waals surface area contributed by atoms with Gasteiger partial charge in [-0.3, -0.25) is 14.4 Å². The second-order valence-electron chi connectivity index (χ2n) is 6.45. The molecule has 0 aromatic heterocycles. The van der Waals surface area contributed by atoms with E-state index in [1.807, 2.05) is 0 Å². The van der Waals surface area contributed by atoms with Crippen LogP contribution in [0.5, 0.6) is 34.5 Å². The molecule has 0 spiro atoms. The number of ether oxygens (including phenoxy) is 2. The predicted octanol–water partition coefficient (Wildman–Crippen LogP) is 1.31. The van der Waals surface area contributed by atoms with Crippen LogP contribution in [0, 0.1) is 0 Å². The highest BCUT2D eigenvalue weighted by atomic mass is 16.6. The van der Waals surface area contributed by atoms with Gasteiger partial charge < -0.3 is 40.1 Å². The van der Waals surface area contributed by atoms with Crippen LogP contribution in [-0.4, -0.2) is 54.5 Å². The Morgan fingerprint density at radius 3 is 2.17 bits per heavy atom. The van der Waals surface area contributed by atoms with Crippen LogP contribution in [0.4, 0.5) is 0 Å². The minimum atomic E-state index is -1.72. The van der Waals surface area contributed by atoms with E-state index in [1.165, 1.54) is 0 Å². The molecule has 0 saturated heterocycles. The highest BCUT2D eigenvalue weighted by molar-refractivity contribution is 6.06. The van der Waals surface area contributed by atoms with Crippen molar-refractivity contribution in [2.75, 3.05) is 0 Å². The van der Waals surface area contributed by atoms with Crippen LogP contribution in [0.15, 0.2) is 24.3 Å². The maximum atomic E-state index is 13.0. The molecule has 11 heteroatoms. The molecule has 6 N–H and O–H groups in total. The molecule has 158 valence electrons. The van der Waals surface area contributed by atoms with E-state index in [0.717, 1.165) is 24.3 Å². The number of hydrogen-bond donors (Lipinski definition) is 6. The normalized spacial score (nSPS) is 17.7.